The van der Waals surface area contributed by atoms with Crippen LogP contribution in [0.25, 0.3) is 5.65 Å². The van der Waals surface area contributed by atoms with Crippen LogP contribution < -0.4 is 5.73 Å². The van der Waals surface area contributed by atoms with Gasteiger partial charge < -0.3 is 5.73 Å². The van der Waals surface area contributed by atoms with Crippen LogP contribution in [0.15, 0.2) is 41.7 Å². The molecule has 0 aromatic carbocycles. The molecule has 4 nitrogen and oxygen atoms in total. The lowest BCUT2D eigenvalue weighted by Gasteiger charge is -1.95. The highest BCUT2D eigenvalue weighted by Crippen LogP contribution is 2.16. The number of nitrogens with zero attached hydrogens (tertiary/aromatic N) is 3. The summed E-state index contributed by atoms with van der Waals surface area (Å²) in [5.41, 5.74) is 6.23. The van der Waals surface area contributed by atoms with E-state index in [-0.39, 0.29) is 0 Å². The molecule has 0 fully saturated rings. The summed E-state index contributed by atoms with van der Waals surface area (Å²) in [6.07, 6.45) is 5.94. The molecule has 0 spiro atoms. The van der Waals surface area contributed by atoms with Gasteiger partial charge in [0.2, 0.25) is 0 Å². The van der Waals surface area contributed by atoms with Gasteiger partial charge in [0.1, 0.15) is 0 Å². The summed E-state index contributed by atoms with van der Waals surface area (Å²) in [6, 6.07) is 5.86. The topological polar surface area (TPSA) is 56.2 Å². The van der Waals surface area contributed by atoms with E-state index in [1.807, 2.05) is 40.9 Å². The van der Waals surface area contributed by atoms with Gasteiger partial charge in [0, 0.05) is 18.5 Å². The summed E-state index contributed by atoms with van der Waals surface area (Å²) < 4.78 is 1.97. The van der Waals surface area contributed by atoms with Crippen molar-refractivity contribution in [3.8, 4) is 0 Å². The second-order valence-electron chi connectivity index (χ2n) is 2.93. The lowest BCUT2D eigenvalue weighted by atomic mass is 10.5. The molecular formula is C10H12N4S. The van der Waals surface area contributed by atoms with Crippen LogP contribution in [0.4, 0.5) is 0 Å². The van der Waals surface area contributed by atoms with E-state index in [1.54, 1.807) is 11.8 Å². The fraction of sp³-hybridized carbons (Fsp3) is 0.200. The third-order valence-corrected chi connectivity index (χ3v) is 2.79. The Morgan fingerprint density at radius 2 is 2.27 bits per heavy atom. The van der Waals surface area contributed by atoms with E-state index in [4.69, 9.17) is 5.73 Å². The van der Waals surface area contributed by atoms with Crippen molar-refractivity contribution in [3.63, 3.8) is 0 Å². The van der Waals surface area contributed by atoms with Crippen LogP contribution >= 0.6 is 11.8 Å². The molecule has 0 amide bonds. The SMILES string of the molecule is NCC=CCSc1nnc2ccccn12. The van der Waals surface area contributed by atoms with Gasteiger partial charge in [0.25, 0.3) is 0 Å². The Hall–Kier alpha value is -1.33. The van der Waals surface area contributed by atoms with Gasteiger partial charge in [-0.25, -0.2) is 0 Å². The van der Waals surface area contributed by atoms with E-state index in [0.717, 1.165) is 16.6 Å². The molecule has 0 aliphatic heterocycles. The van der Waals surface area contributed by atoms with Crippen LogP contribution in [-0.2, 0) is 0 Å². The number of hydrogen-bond donors (Lipinski definition) is 1. The molecule has 0 bridgehead atoms. The Labute approximate surface area is 92.2 Å². The average Bonchev–Trinajstić information content (AvgIpc) is 2.68. The Morgan fingerprint density at radius 3 is 3.13 bits per heavy atom. The minimum absolute atomic E-state index is 0.584. The minimum atomic E-state index is 0.584. The molecule has 0 saturated heterocycles. The average molecular weight is 220 g/mol. The zero-order chi connectivity index (χ0) is 10.5. The molecule has 5 heteroatoms. The van der Waals surface area contributed by atoms with Gasteiger partial charge in [0.05, 0.1) is 0 Å². The molecule has 0 unspecified atom stereocenters. The number of rotatable bonds is 4. The van der Waals surface area contributed by atoms with E-state index < -0.39 is 0 Å². The molecule has 2 rings (SSSR count). The first-order chi connectivity index (χ1) is 7.42. The van der Waals surface area contributed by atoms with Crippen molar-refractivity contribution in [3.05, 3.63) is 36.5 Å². The highest BCUT2D eigenvalue weighted by Gasteiger charge is 2.02. The van der Waals surface area contributed by atoms with Gasteiger partial charge in [-0.1, -0.05) is 30.0 Å². The van der Waals surface area contributed by atoms with Crippen molar-refractivity contribution >= 4 is 17.4 Å². The maximum Gasteiger partial charge on any atom is 0.195 e. The maximum absolute atomic E-state index is 5.35. The largest absolute Gasteiger partial charge is 0.327 e. The van der Waals surface area contributed by atoms with Gasteiger partial charge in [-0.2, -0.15) is 0 Å². The molecule has 15 heavy (non-hydrogen) atoms. The van der Waals surface area contributed by atoms with Crippen LogP contribution in [0, 0.1) is 0 Å². The fourth-order valence-corrected chi connectivity index (χ4v) is 1.98. The lowest BCUT2D eigenvalue weighted by molar-refractivity contribution is 0.923. The highest BCUT2D eigenvalue weighted by atomic mass is 32.2. The normalized spacial score (nSPS) is 11.5. The van der Waals surface area contributed by atoms with Gasteiger partial charge >= 0.3 is 0 Å². The molecule has 2 aromatic heterocycles. The zero-order valence-corrected chi connectivity index (χ0v) is 9.02. The summed E-state index contributed by atoms with van der Waals surface area (Å²) in [7, 11) is 0. The Morgan fingerprint density at radius 1 is 1.33 bits per heavy atom. The summed E-state index contributed by atoms with van der Waals surface area (Å²) in [4.78, 5) is 0. The number of aromatic nitrogens is 3. The van der Waals surface area contributed by atoms with Crippen LogP contribution in [0.3, 0.4) is 0 Å². The number of nitrogens with two attached hydrogens (primary N) is 1. The van der Waals surface area contributed by atoms with E-state index in [2.05, 4.69) is 10.2 Å². The van der Waals surface area contributed by atoms with E-state index in [0.29, 0.717) is 6.54 Å². The highest BCUT2D eigenvalue weighted by molar-refractivity contribution is 7.99. The van der Waals surface area contributed by atoms with Crippen LogP contribution in [0.5, 0.6) is 0 Å². The quantitative estimate of drug-likeness (QED) is 0.624. The molecule has 0 saturated carbocycles. The molecule has 2 aromatic rings. The van der Waals surface area contributed by atoms with Crippen LogP contribution in [0.2, 0.25) is 0 Å². The maximum atomic E-state index is 5.35. The number of hydrogen-bond acceptors (Lipinski definition) is 4. The van der Waals surface area contributed by atoms with Crippen LogP contribution in [-0.4, -0.2) is 26.9 Å². The van der Waals surface area contributed by atoms with Gasteiger partial charge in [-0.3, -0.25) is 4.40 Å². The third-order valence-electron chi connectivity index (χ3n) is 1.89. The molecule has 0 radical (unpaired) electrons. The predicted molar refractivity (Wildman–Crippen MR) is 61.9 cm³/mol. The van der Waals surface area contributed by atoms with Crippen LogP contribution in [0.1, 0.15) is 0 Å². The number of fused-ring (bicyclic) bond motifs is 1. The van der Waals surface area contributed by atoms with Crippen molar-refractivity contribution in [2.24, 2.45) is 5.73 Å². The van der Waals surface area contributed by atoms with Crippen molar-refractivity contribution in [1.29, 1.82) is 0 Å². The zero-order valence-electron chi connectivity index (χ0n) is 8.21. The Kier molecular flexibility index (Phi) is 3.37. The first kappa shape index (κ1) is 10.2. The minimum Gasteiger partial charge on any atom is -0.327 e. The monoisotopic (exact) mass is 220 g/mol. The second kappa shape index (κ2) is 4.95. The Bertz CT molecular complexity index is 463. The van der Waals surface area contributed by atoms with Gasteiger partial charge in [-0.15, -0.1) is 10.2 Å². The smallest absolute Gasteiger partial charge is 0.195 e. The molecule has 78 valence electrons. The second-order valence-corrected chi connectivity index (χ2v) is 3.92. The van der Waals surface area contributed by atoms with Crippen molar-refractivity contribution < 1.29 is 0 Å². The van der Waals surface area contributed by atoms with Crippen molar-refractivity contribution in [2.45, 2.75) is 5.16 Å². The predicted octanol–water partition coefficient (Wildman–Crippen LogP) is 1.34. The van der Waals surface area contributed by atoms with Crippen molar-refractivity contribution in [1.82, 2.24) is 14.6 Å². The number of thioether (sulfide) groups is 1. The van der Waals surface area contributed by atoms with E-state index in [1.165, 1.54) is 0 Å². The summed E-state index contributed by atoms with van der Waals surface area (Å²) >= 11 is 1.64. The number of pyridine rings is 1. The first-order valence-electron chi connectivity index (χ1n) is 4.69. The Balaban J connectivity index is 2.11. The van der Waals surface area contributed by atoms with E-state index in [9.17, 15) is 0 Å². The summed E-state index contributed by atoms with van der Waals surface area (Å²) in [6.45, 7) is 0.584. The molecule has 0 aliphatic carbocycles. The molecule has 0 aliphatic rings. The summed E-state index contributed by atoms with van der Waals surface area (Å²) in [5, 5.41) is 9.07. The molecule has 0 atom stereocenters. The van der Waals surface area contributed by atoms with E-state index >= 15 is 0 Å². The fourth-order valence-electron chi connectivity index (χ4n) is 1.20. The van der Waals surface area contributed by atoms with Crippen molar-refractivity contribution in [2.75, 3.05) is 12.3 Å². The summed E-state index contributed by atoms with van der Waals surface area (Å²) in [5.74, 6) is 0.868. The molecule has 2 heterocycles. The molecule has 2 N–H and O–H groups in total. The van der Waals surface area contributed by atoms with Gasteiger partial charge in [0.15, 0.2) is 10.8 Å². The molecular weight excluding hydrogens is 208 g/mol. The standard InChI is InChI=1S/C10H12N4S/c11-6-2-4-8-15-10-13-12-9-5-1-3-7-14(9)10/h1-5,7H,6,8,11H2. The third kappa shape index (κ3) is 2.37. The van der Waals surface area contributed by atoms with Gasteiger partial charge in [-0.05, 0) is 12.1 Å². The first-order valence-corrected chi connectivity index (χ1v) is 5.68. The lowest BCUT2D eigenvalue weighted by Crippen LogP contribution is -1.92.